The first kappa shape index (κ1) is 14.9. The third-order valence-corrected chi connectivity index (χ3v) is 3.03. The van der Waals surface area contributed by atoms with Crippen LogP contribution in [0.25, 0.3) is 0 Å². The van der Waals surface area contributed by atoms with Gasteiger partial charge in [-0.2, -0.15) is 0 Å². The van der Waals surface area contributed by atoms with Gasteiger partial charge in [-0.25, -0.2) is 4.39 Å². The lowest BCUT2D eigenvalue weighted by atomic mass is 10.1. The standard InChI is InChI=1S/C15H17FN4O/c16-13-3-1-11(2-4-13)5-7-18-10-12-6-8-19-14(9-12)15(17)20-21/h1-4,6,8-9,18,21H,5,7,10H2,(H2,17,20). The summed E-state index contributed by atoms with van der Waals surface area (Å²) in [7, 11) is 0. The normalized spacial score (nSPS) is 11.6. The fraction of sp³-hybridized carbons (Fsp3) is 0.200. The Morgan fingerprint density at radius 3 is 2.71 bits per heavy atom. The van der Waals surface area contributed by atoms with E-state index in [4.69, 9.17) is 10.9 Å². The second kappa shape index (κ2) is 7.35. The van der Waals surface area contributed by atoms with Crippen molar-refractivity contribution in [2.45, 2.75) is 13.0 Å². The van der Waals surface area contributed by atoms with Gasteiger partial charge in [-0.15, -0.1) is 0 Å². The molecule has 0 fully saturated rings. The van der Waals surface area contributed by atoms with Crippen molar-refractivity contribution in [3.63, 3.8) is 0 Å². The number of rotatable bonds is 6. The van der Waals surface area contributed by atoms with E-state index in [1.807, 2.05) is 6.07 Å². The van der Waals surface area contributed by atoms with Gasteiger partial charge in [0.2, 0.25) is 0 Å². The molecular formula is C15H17FN4O. The van der Waals surface area contributed by atoms with Crippen LogP contribution in [-0.4, -0.2) is 22.6 Å². The molecule has 5 nitrogen and oxygen atoms in total. The van der Waals surface area contributed by atoms with Gasteiger partial charge < -0.3 is 16.3 Å². The molecule has 0 radical (unpaired) electrons. The predicted molar refractivity (Wildman–Crippen MR) is 78.6 cm³/mol. The van der Waals surface area contributed by atoms with Crippen LogP contribution in [0.2, 0.25) is 0 Å². The number of amidine groups is 1. The van der Waals surface area contributed by atoms with Crippen LogP contribution < -0.4 is 11.1 Å². The number of aromatic nitrogens is 1. The number of hydrogen-bond acceptors (Lipinski definition) is 4. The quantitative estimate of drug-likeness (QED) is 0.248. The van der Waals surface area contributed by atoms with Crippen molar-refractivity contribution in [1.82, 2.24) is 10.3 Å². The Bertz CT molecular complexity index is 613. The minimum Gasteiger partial charge on any atom is -0.409 e. The van der Waals surface area contributed by atoms with E-state index in [0.29, 0.717) is 12.2 Å². The average molecular weight is 288 g/mol. The largest absolute Gasteiger partial charge is 0.409 e. The van der Waals surface area contributed by atoms with Crippen LogP contribution in [0.3, 0.4) is 0 Å². The van der Waals surface area contributed by atoms with Gasteiger partial charge in [0, 0.05) is 12.7 Å². The summed E-state index contributed by atoms with van der Waals surface area (Å²) in [5, 5.41) is 14.8. The molecule has 1 aromatic carbocycles. The number of hydrogen-bond donors (Lipinski definition) is 3. The van der Waals surface area contributed by atoms with Crippen LogP contribution in [0.15, 0.2) is 47.8 Å². The fourth-order valence-corrected chi connectivity index (χ4v) is 1.89. The minimum atomic E-state index is -0.223. The summed E-state index contributed by atoms with van der Waals surface area (Å²) in [5.41, 5.74) is 8.00. The molecule has 0 spiro atoms. The lowest BCUT2D eigenvalue weighted by Gasteiger charge is -2.06. The van der Waals surface area contributed by atoms with E-state index in [1.165, 1.54) is 12.1 Å². The van der Waals surface area contributed by atoms with E-state index in [2.05, 4.69) is 15.5 Å². The number of benzene rings is 1. The van der Waals surface area contributed by atoms with Crippen molar-refractivity contribution in [2.75, 3.05) is 6.54 Å². The molecule has 0 atom stereocenters. The second-order valence-electron chi connectivity index (χ2n) is 4.59. The van der Waals surface area contributed by atoms with Crippen molar-refractivity contribution in [1.29, 1.82) is 0 Å². The van der Waals surface area contributed by atoms with Gasteiger partial charge in [0.15, 0.2) is 5.84 Å². The third-order valence-electron chi connectivity index (χ3n) is 3.03. The molecule has 0 bridgehead atoms. The molecule has 0 saturated carbocycles. The van der Waals surface area contributed by atoms with Gasteiger partial charge in [-0.3, -0.25) is 4.98 Å². The number of nitrogens with two attached hydrogens (primary N) is 1. The van der Waals surface area contributed by atoms with Gasteiger partial charge in [-0.05, 0) is 48.4 Å². The summed E-state index contributed by atoms with van der Waals surface area (Å²) in [6.45, 7) is 1.42. The van der Waals surface area contributed by atoms with Crippen molar-refractivity contribution in [3.05, 3.63) is 65.2 Å². The van der Waals surface area contributed by atoms with E-state index in [1.54, 1.807) is 24.4 Å². The Balaban J connectivity index is 1.82. The molecule has 6 heteroatoms. The number of oxime groups is 1. The van der Waals surface area contributed by atoms with Gasteiger partial charge in [-0.1, -0.05) is 17.3 Å². The van der Waals surface area contributed by atoms with Crippen LogP contribution in [0.1, 0.15) is 16.8 Å². The smallest absolute Gasteiger partial charge is 0.188 e. The van der Waals surface area contributed by atoms with Crippen molar-refractivity contribution in [2.24, 2.45) is 10.9 Å². The molecule has 0 saturated heterocycles. The molecule has 0 aliphatic rings. The summed E-state index contributed by atoms with van der Waals surface area (Å²) >= 11 is 0. The van der Waals surface area contributed by atoms with Crippen molar-refractivity contribution in [3.8, 4) is 0 Å². The molecule has 2 aromatic rings. The van der Waals surface area contributed by atoms with Crippen LogP contribution in [0.5, 0.6) is 0 Å². The SMILES string of the molecule is NC(=NO)c1cc(CNCCc2ccc(F)cc2)ccn1. The summed E-state index contributed by atoms with van der Waals surface area (Å²) in [5.74, 6) is -0.234. The number of halogens is 1. The molecule has 0 unspecified atom stereocenters. The summed E-state index contributed by atoms with van der Waals surface area (Å²) in [6.07, 6.45) is 2.43. The second-order valence-corrected chi connectivity index (χ2v) is 4.59. The Hall–Kier alpha value is -2.47. The minimum absolute atomic E-state index is 0.0110. The Kier molecular flexibility index (Phi) is 5.22. The van der Waals surface area contributed by atoms with E-state index in [-0.39, 0.29) is 11.7 Å². The summed E-state index contributed by atoms with van der Waals surface area (Å²) < 4.78 is 12.8. The molecule has 1 aromatic heterocycles. The molecule has 21 heavy (non-hydrogen) atoms. The third kappa shape index (κ3) is 4.54. The topological polar surface area (TPSA) is 83.5 Å². The van der Waals surface area contributed by atoms with Crippen LogP contribution in [0.4, 0.5) is 4.39 Å². The maximum atomic E-state index is 12.8. The van der Waals surface area contributed by atoms with Gasteiger partial charge in [0.1, 0.15) is 11.5 Å². The van der Waals surface area contributed by atoms with Crippen molar-refractivity contribution >= 4 is 5.84 Å². The number of pyridine rings is 1. The molecular weight excluding hydrogens is 271 g/mol. The predicted octanol–water partition coefficient (Wildman–Crippen LogP) is 1.65. The average Bonchev–Trinajstić information content (AvgIpc) is 2.53. The monoisotopic (exact) mass is 288 g/mol. The molecule has 1 heterocycles. The fourth-order valence-electron chi connectivity index (χ4n) is 1.89. The summed E-state index contributed by atoms with van der Waals surface area (Å²) in [6, 6.07) is 10.1. The zero-order valence-electron chi connectivity index (χ0n) is 11.5. The van der Waals surface area contributed by atoms with E-state index >= 15 is 0 Å². The summed E-state index contributed by atoms with van der Waals surface area (Å²) in [4.78, 5) is 4.02. The first-order valence-corrected chi connectivity index (χ1v) is 6.57. The first-order valence-electron chi connectivity index (χ1n) is 6.57. The van der Waals surface area contributed by atoms with Crippen molar-refractivity contribution < 1.29 is 9.60 Å². The Morgan fingerprint density at radius 2 is 2.00 bits per heavy atom. The molecule has 0 amide bonds. The van der Waals surface area contributed by atoms with E-state index in [9.17, 15) is 4.39 Å². The highest BCUT2D eigenvalue weighted by atomic mass is 19.1. The maximum Gasteiger partial charge on any atom is 0.188 e. The van der Waals surface area contributed by atoms with Gasteiger partial charge >= 0.3 is 0 Å². The number of nitrogens with one attached hydrogen (secondary N) is 1. The van der Waals surface area contributed by atoms with E-state index in [0.717, 1.165) is 24.1 Å². The maximum absolute atomic E-state index is 12.8. The van der Waals surface area contributed by atoms with E-state index < -0.39 is 0 Å². The van der Waals surface area contributed by atoms with Gasteiger partial charge in [0.25, 0.3) is 0 Å². The highest BCUT2D eigenvalue weighted by molar-refractivity contribution is 5.95. The Morgan fingerprint density at radius 1 is 1.24 bits per heavy atom. The molecule has 0 aliphatic carbocycles. The lowest BCUT2D eigenvalue weighted by molar-refractivity contribution is 0.318. The number of nitrogens with zero attached hydrogens (tertiary/aromatic N) is 2. The lowest BCUT2D eigenvalue weighted by Crippen LogP contribution is -2.18. The molecule has 2 rings (SSSR count). The Labute approximate surface area is 122 Å². The highest BCUT2D eigenvalue weighted by Crippen LogP contribution is 2.04. The molecule has 110 valence electrons. The van der Waals surface area contributed by atoms with Crippen LogP contribution in [0, 0.1) is 5.82 Å². The van der Waals surface area contributed by atoms with Crippen LogP contribution in [-0.2, 0) is 13.0 Å². The molecule has 4 N–H and O–H groups in total. The zero-order chi connectivity index (χ0) is 15.1. The van der Waals surface area contributed by atoms with Gasteiger partial charge in [0.05, 0.1) is 0 Å². The molecule has 0 aliphatic heterocycles. The highest BCUT2D eigenvalue weighted by Gasteiger charge is 2.02. The zero-order valence-corrected chi connectivity index (χ0v) is 11.5. The van der Waals surface area contributed by atoms with Crippen LogP contribution >= 0.6 is 0 Å². The first-order chi connectivity index (χ1) is 10.2.